The summed E-state index contributed by atoms with van der Waals surface area (Å²) in [5.74, 6) is 2.75. The Kier molecular flexibility index (Phi) is 12.6. The largest absolute Gasteiger partial charge is 0.497 e. The number of ether oxygens (including phenoxy) is 2. The molecule has 0 aromatic heterocycles. The lowest BCUT2D eigenvalue weighted by Gasteiger charge is -2.34. The van der Waals surface area contributed by atoms with Gasteiger partial charge in [-0.3, -0.25) is 9.79 Å². The van der Waals surface area contributed by atoms with Gasteiger partial charge < -0.3 is 25.0 Å². The van der Waals surface area contributed by atoms with Crippen LogP contribution in [0.4, 0.5) is 0 Å². The summed E-state index contributed by atoms with van der Waals surface area (Å²) >= 11 is 0. The average Bonchev–Trinajstić information content (AvgIpc) is 2.73. The lowest BCUT2D eigenvalue weighted by molar-refractivity contribution is -0.135. The SMILES string of the molecule is CCNC(=NCCCOc1cccc(OC)c1)NC1CCN(C(=O)C(C)C)CC1.I. The second-order valence-electron chi connectivity index (χ2n) is 7.54. The third kappa shape index (κ3) is 8.97. The Bertz CT molecular complexity index is 662. The number of carbonyl (C=O) groups excluding carboxylic acids is 1. The van der Waals surface area contributed by atoms with Gasteiger partial charge in [0.2, 0.25) is 5.91 Å². The fraction of sp³-hybridized carbons (Fsp3) is 0.636. The molecule has 1 aliphatic heterocycles. The lowest BCUT2D eigenvalue weighted by Crippen LogP contribution is -2.50. The summed E-state index contributed by atoms with van der Waals surface area (Å²) in [6.45, 7) is 9.70. The van der Waals surface area contributed by atoms with Gasteiger partial charge in [-0.2, -0.15) is 0 Å². The van der Waals surface area contributed by atoms with Gasteiger partial charge in [0.15, 0.2) is 5.96 Å². The highest BCUT2D eigenvalue weighted by atomic mass is 127. The van der Waals surface area contributed by atoms with Crippen molar-refractivity contribution in [1.82, 2.24) is 15.5 Å². The molecule has 7 nitrogen and oxygen atoms in total. The van der Waals surface area contributed by atoms with E-state index in [4.69, 9.17) is 9.47 Å². The first-order chi connectivity index (χ1) is 14.0. The van der Waals surface area contributed by atoms with Crippen molar-refractivity contribution >= 4 is 35.8 Å². The molecule has 1 saturated heterocycles. The summed E-state index contributed by atoms with van der Waals surface area (Å²) in [4.78, 5) is 18.8. The van der Waals surface area contributed by atoms with Crippen LogP contribution in [0.15, 0.2) is 29.3 Å². The molecule has 2 N–H and O–H groups in total. The second kappa shape index (κ2) is 14.3. The van der Waals surface area contributed by atoms with Crippen LogP contribution in [0.1, 0.15) is 40.0 Å². The number of piperidine rings is 1. The van der Waals surface area contributed by atoms with Gasteiger partial charge >= 0.3 is 0 Å². The van der Waals surface area contributed by atoms with Crippen LogP contribution in [0.3, 0.4) is 0 Å². The van der Waals surface area contributed by atoms with Crippen LogP contribution < -0.4 is 20.1 Å². The van der Waals surface area contributed by atoms with Gasteiger partial charge in [-0.25, -0.2) is 0 Å². The van der Waals surface area contributed by atoms with Gasteiger partial charge in [0.25, 0.3) is 0 Å². The Labute approximate surface area is 198 Å². The lowest BCUT2D eigenvalue weighted by atomic mass is 10.0. The molecule has 0 spiro atoms. The first kappa shape index (κ1) is 26.3. The molecule has 1 aromatic rings. The smallest absolute Gasteiger partial charge is 0.225 e. The van der Waals surface area contributed by atoms with Crippen molar-refractivity contribution in [2.24, 2.45) is 10.9 Å². The molecule has 0 saturated carbocycles. The number of nitrogens with zero attached hydrogens (tertiary/aromatic N) is 2. The minimum atomic E-state index is 0. The number of hydrogen-bond acceptors (Lipinski definition) is 4. The first-order valence-corrected chi connectivity index (χ1v) is 10.6. The van der Waals surface area contributed by atoms with Crippen LogP contribution in [0, 0.1) is 5.92 Å². The van der Waals surface area contributed by atoms with Crippen molar-refractivity contribution in [2.75, 3.05) is 39.9 Å². The van der Waals surface area contributed by atoms with Crippen LogP contribution in [-0.2, 0) is 4.79 Å². The van der Waals surface area contributed by atoms with E-state index >= 15 is 0 Å². The maximum atomic E-state index is 12.1. The molecule has 0 unspecified atom stereocenters. The van der Waals surface area contributed by atoms with E-state index in [-0.39, 0.29) is 35.8 Å². The maximum absolute atomic E-state index is 12.1. The number of guanidine groups is 1. The zero-order valence-corrected chi connectivity index (χ0v) is 21.0. The van der Waals surface area contributed by atoms with Crippen LogP contribution >= 0.6 is 24.0 Å². The highest BCUT2D eigenvalue weighted by molar-refractivity contribution is 14.0. The fourth-order valence-corrected chi connectivity index (χ4v) is 3.26. The maximum Gasteiger partial charge on any atom is 0.225 e. The average molecular weight is 532 g/mol. The van der Waals surface area contributed by atoms with Crippen LogP contribution in [0.2, 0.25) is 0 Å². The minimum absolute atomic E-state index is 0. The monoisotopic (exact) mass is 532 g/mol. The second-order valence-corrected chi connectivity index (χ2v) is 7.54. The van der Waals surface area contributed by atoms with Gasteiger partial charge in [0.05, 0.1) is 13.7 Å². The summed E-state index contributed by atoms with van der Waals surface area (Å²) in [5, 5.41) is 6.82. The number of methoxy groups -OCH3 is 1. The number of aliphatic imine (C=N–C) groups is 1. The standard InChI is InChI=1S/C22H36N4O3.HI/c1-5-23-22(25-18-10-13-26(14-11-18)21(27)17(2)3)24-12-7-15-29-20-9-6-8-19(16-20)28-4;/h6,8-9,16-18H,5,7,10-15H2,1-4H3,(H2,23,24,25);1H. The fourth-order valence-electron chi connectivity index (χ4n) is 3.26. The van der Waals surface area contributed by atoms with E-state index < -0.39 is 0 Å². The molecular formula is C22H37IN4O3. The van der Waals surface area contributed by atoms with E-state index in [9.17, 15) is 4.79 Å². The Morgan fingerprint density at radius 2 is 1.97 bits per heavy atom. The number of amides is 1. The number of likely N-dealkylation sites (tertiary alicyclic amines) is 1. The van der Waals surface area contributed by atoms with Crippen molar-refractivity contribution in [3.8, 4) is 11.5 Å². The minimum Gasteiger partial charge on any atom is -0.497 e. The molecule has 2 rings (SSSR count). The Hall–Kier alpha value is -1.71. The van der Waals surface area contributed by atoms with E-state index in [0.29, 0.717) is 19.2 Å². The molecule has 1 amide bonds. The van der Waals surface area contributed by atoms with Gasteiger partial charge in [-0.15, -0.1) is 24.0 Å². The predicted molar refractivity (Wildman–Crippen MR) is 132 cm³/mol. The normalized spacial score (nSPS) is 14.8. The first-order valence-electron chi connectivity index (χ1n) is 10.6. The zero-order valence-electron chi connectivity index (χ0n) is 18.6. The topological polar surface area (TPSA) is 75.2 Å². The van der Waals surface area contributed by atoms with Crippen molar-refractivity contribution in [3.05, 3.63) is 24.3 Å². The molecule has 0 bridgehead atoms. The number of carbonyl (C=O) groups is 1. The third-order valence-corrected chi connectivity index (χ3v) is 4.87. The summed E-state index contributed by atoms with van der Waals surface area (Å²) < 4.78 is 11.0. The number of rotatable bonds is 9. The molecule has 1 aliphatic rings. The van der Waals surface area contributed by atoms with E-state index in [1.54, 1.807) is 7.11 Å². The number of nitrogens with one attached hydrogen (secondary N) is 2. The zero-order chi connectivity index (χ0) is 21.1. The summed E-state index contributed by atoms with van der Waals surface area (Å²) in [7, 11) is 1.65. The van der Waals surface area contributed by atoms with E-state index in [1.807, 2.05) is 43.0 Å². The van der Waals surface area contributed by atoms with Crippen LogP contribution in [-0.4, -0.2) is 62.7 Å². The molecule has 0 radical (unpaired) electrons. The van der Waals surface area contributed by atoms with Gasteiger partial charge in [0, 0.05) is 50.6 Å². The number of benzene rings is 1. The van der Waals surface area contributed by atoms with Crippen LogP contribution in [0.25, 0.3) is 0 Å². The van der Waals surface area contributed by atoms with Gasteiger partial charge in [-0.1, -0.05) is 19.9 Å². The summed E-state index contributed by atoms with van der Waals surface area (Å²) in [6.07, 6.45) is 2.72. The molecule has 0 atom stereocenters. The van der Waals surface area contributed by atoms with Crippen molar-refractivity contribution in [3.63, 3.8) is 0 Å². The molecule has 1 heterocycles. The van der Waals surface area contributed by atoms with E-state index in [0.717, 1.165) is 56.4 Å². The van der Waals surface area contributed by atoms with Crippen LogP contribution in [0.5, 0.6) is 11.5 Å². The molecule has 30 heavy (non-hydrogen) atoms. The number of halogens is 1. The Balaban J connectivity index is 0.00000450. The molecule has 0 aliphatic carbocycles. The molecule has 1 fully saturated rings. The molecule has 170 valence electrons. The Morgan fingerprint density at radius 3 is 2.60 bits per heavy atom. The van der Waals surface area contributed by atoms with E-state index in [1.165, 1.54) is 0 Å². The number of hydrogen-bond donors (Lipinski definition) is 2. The summed E-state index contributed by atoms with van der Waals surface area (Å²) in [5.41, 5.74) is 0. The summed E-state index contributed by atoms with van der Waals surface area (Å²) in [6, 6.07) is 7.96. The quantitative estimate of drug-likeness (QED) is 0.221. The van der Waals surface area contributed by atoms with E-state index in [2.05, 4.69) is 22.5 Å². The third-order valence-electron chi connectivity index (χ3n) is 4.87. The highest BCUT2D eigenvalue weighted by Crippen LogP contribution is 2.18. The van der Waals surface area contributed by atoms with Crippen molar-refractivity contribution in [2.45, 2.75) is 46.1 Å². The predicted octanol–water partition coefficient (Wildman–Crippen LogP) is 3.28. The molecular weight excluding hydrogens is 495 g/mol. The van der Waals surface area contributed by atoms with Crippen molar-refractivity contribution < 1.29 is 14.3 Å². The Morgan fingerprint density at radius 1 is 1.27 bits per heavy atom. The van der Waals surface area contributed by atoms with Gasteiger partial charge in [0.1, 0.15) is 11.5 Å². The highest BCUT2D eigenvalue weighted by Gasteiger charge is 2.24. The van der Waals surface area contributed by atoms with Gasteiger partial charge in [-0.05, 0) is 31.9 Å². The molecule has 8 heteroatoms. The van der Waals surface area contributed by atoms with Crippen molar-refractivity contribution in [1.29, 1.82) is 0 Å². The molecule has 1 aromatic carbocycles.